The maximum absolute atomic E-state index is 12.4. The molecule has 36 heavy (non-hydrogen) atoms. The van der Waals surface area contributed by atoms with E-state index in [1.165, 1.54) is 17.5 Å². The first-order valence-corrected chi connectivity index (χ1v) is 13.0. The first kappa shape index (κ1) is 24.2. The number of nitrogens with zero attached hydrogens (tertiary/aromatic N) is 4. The van der Waals surface area contributed by atoms with E-state index >= 15 is 0 Å². The van der Waals surface area contributed by atoms with Gasteiger partial charge in [-0.15, -0.1) is 0 Å². The molecule has 188 valence electrons. The summed E-state index contributed by atoms with van der Waals surface area (Å²) in [5.41, 5.74) is 5.32. The fraction of sp³-hybridized carbons (Fsp3) is 0.429. The molecule has 1 aromatic carbocycles. The molecular formula is C28H35N7O. The lowest BCUT2D eigenvalue weighted by Crippen LogP contribution is -2.42. The number of rotatable bonds is 0. The van der Waals surface area contributed by atoms with Gasteiger partial charge in [-0.05, 0) is 99.5 Å². The summed E-state index contributed by atoms with van der Waals surface area (Å²) < 4.78 is 0. The average molecular weight is 486 g/mol. The highest BCUT2D eigenvalue weighted by molar-refractivity contribution is 5.78. The molecule has 0 spiro atoms. The minimum atomic E-state index is 0.120. The molecule has 0 atom stereocenters. The van der Waals surface area contributed by atoms with Crippen LogP contribution in [-0.4, -0.2) is 58.5 Å². The van der Waals surface area contributed by atoms with Gasteiger partial charge in [0.1, 0.15) is 5.82 Å². The number of piperidine rings is 1. The Morgan fingerprint density at radius 3 is 2.67 bits per heavy atom. The molecule has 1 saturated heterocycles. The van der Waals surface area contributed by atoms with E-state index in [1.807, 2.05) is 24.4 Å². The van der Waals surface area contributed by atoms with Gasteiger partial charge in [-0.2, -0.15) is 0 Å². The summed E-state index contributed by atoms with van der Waals surface area (Å²) in [7, 11) is 0. The van der Waals surface area contributed by atoms with Crippen molar-refractivity contribution < 1.29 is 4.79 Å². The molecule has 1 fully saturated rings. The van der Waals surface area contributed by atoms with E-state index in [0.29, 0.717) is 25.0 Å². The van der Waals surface area contributed by atoms with E-state index in [0.717, 1.165) is 68.1 Å². The molecular weight excluding hydrogens is 450 g/mol. The Hall–Kier alpha value is -3.52. The molecule has 7 heterocycles. The lowest BCUT2D eigenvalue weighted by atomic mass is 9.90. The molecule has 0 saturated carbocycles. The lowest BCUT2D eigenvalue weighted by Gasteiger charge is -2.31. The zero-order valence-electron chi connectivity index (χ0n) is 21.0. The Bertz CT molecular complexity index is 1170. The zero-order valence-corrected chi connectivity index (χ0v) is 21.0. The maximum atomic E-state index is 12.4. The van der Waals surface area contributed by atoms with Gasteiger partial charge in [-0.3, -0.25) is 9.69 Å². The molecule has 2 aromatic heterocycles. The number of benzene rings is 1. The van der Waals surface area contributed by atoms with Crippen LogP contribution in [0, 0.1) is 12.8 Å². The van der Waals surface area contributed by atoms with Crippen LogP contribution in [0.3, 0.4) is 0 Å². The second kappa shape index (κ2) is 11.5. The topological polar surface area (TPSA) is 95.1 Å². The van der Waals surface area contributed by atoms with Gasteiger partial charge in [0.15, 0.2) is 0 Å². The quantitative estimate of drug-likeness (QED) is 0.440. The highest BCUT2D eigenvalue weighted by Crippen LogP contribution is 2.25. The summed E-state index contributed by atoms with van der Waals surface area (Å²) in [6, 6.07) is 12.5. The van der Waals surface area contributed by atoms with Crippen molar-refractivity contribution in [3.63, 3.8) is 0 Å². The molecule has 3 aromatic rings. The highest BCUT2D eigenvalue weighted by atomic mass is 16.2. The molecule has 3 N–H and O–H groups in total. The van der Waals surface area contributed by atoms with Crippen molar-refractivity contribution in [2.75, 3.05) is 43.4 Å². The summed E-state index contributed by atoms with van der Waals surface area (Å²) in [4.78, 5) is 28.4. The normalized spacial score (nSPS) is 21.1. The van der Waals surface area contributed by atoms with Crippen LogP contribution in [-0.2, 0) is 11.2 Å². The van der Waals surface area contributed by atoms with Crippen LogP contribution in [0.15, 0.2) is 48.8 Å². The molecule has 8 heteroatoms. The van der Waals surface area contributed by atoms with Gasteiger partial charge >= 0.3 is 0 Å². The van der Waals surface area contributed by atoms with Gasteiger partial charge in [0, 0.05) is 36.7 Å². The number of hydrogen-bond donors (Lipinski definition) is 3. The number of nitrogens with one attached hydrogen (secondary N) is 3. The van der Waals surface area contributed by atoms with Gasteiger partial charge < -0.3 is 16.0 Å². The molecule has 8 bridgehead atoms. The third-order valence-corrected chi connectivity index (χ3v) is 7.01. The fourth-order valence-corrected chi connectivity index (χ4v) is 5.03. The number of amides is 1. The van der Waals surface area contributed by atoms with Gasteiger partial charge in [-0.1, -0.05) is 6.07 Å². The number of anilines is 3. The van der Waals surface area contributed by atoms with Crippen LogP contribution in [0.5, 0.6) is 0 Å². The van der Waals surface area contributed by atoms with E-state index in [4.69, 9.17) is 4.98 Å². The highest BCUT2D eigenvalue weighted by Gasteiger charge is 2.20. The number of carbonyl (C=O) groups excluding carboxylic acids is 1. The number of carbonyl (C=O) groups is 1. The Balaban J connectivity index is 1.35. The van der Waals surface area contributed by atoms with E-state index in [9.17, 15) is 4.79 Å². The number of hydrogen-bond acceptors (Lipinski definition) is 7. The Morgan fingerprint density at radius 2 is 1.83 bits per heavy atom. The van der Waals surface area contributed by atoms with E-state index in [2.05, 4.69) is 55.9 Å². The molecule has 0 aliphatic carbocycles. The largest absolute Gasteiger partial charge is 0.370 e. The summed E-state index contributed by atoms with van der Waals surface area (Å²) in [5.74, 6) is 2.21. The van der Waals surface area contributed by atoms with Crippen LogP contribution in [0.2, 0.25) is 0 Å². The van der Waals surface area contributed by atoms with E-state index < -0.39 is 0 Å². The summed E-state index contributed by atoms with van der Waals surface area (Å²) in [6.45, 7) is 6.03. The lowest BCUT2D eigenvalue weighted by molar-refractivity contribution is -0.122. The predicted octanol–water partition coefficient (Wildman–Crippen LogP) is 4.17. The number of aromatic nitrogens is 3. The van der Waals surface area contributed by atoms with Crippen LogP contribution in [0.25, 0.3) is 11.3 Å². The van der Waals surface area contributed by atoms with Crippen molar-refractivity contribution in [3.05, 3.63) is 59.9 Å². The predicted molar refractivity (Wildman–Crippen MR) is 143 cm³/mol. The summed E-state index contributed by atoms with van der Waals surface area (Å²) in [6.07, 6.45) is 8.97. The fourth-order valence-electron chi connectivity index (χ4n) is 5.03. The van der Waals surface area contributed by atoms with Gasteiger partial charge in [0.2, 0.25) is 11.9 Å². The van der Waals surface area contributed by atoms with Crippen molar-refractivity contribution >= 4 is 23.4 Å². The van der Waals surface area contributed by atoms with Crippen molar-refractivity contribution in [1.82, 2.24) is 25.2 Å². The molecule has 1 amide bonds. The summed E-state index contributed by atoms with van der Waals surface area (Å²) >= 11 is 0. The SMILES string of the molecule is Cc1cc2cc(c1)Nc1nccc(n1)-c1ccc(nc1)NCCCNC(=O)CN1CCC(CC2)CC1. The zero-order chi connectivity index (χ0) is 24.7. The Labute approximate surface area is 213 Å². The maximum Gasteiger partial charge on any atom is 0.234 e. The van der Waals surface area contributed by atoms with Crippen molar-refractivity contribution in [2.24, 2.45) is 5.92 Å². The minimum Gasteiger partial charge on any atom is -0.370 e. The first-order valence-electron chi connectivity index (χ1n) is 13.0. The van der Waals surface area contributed by atoms with E-state index in [1.54, 1.807) is 6.20 Å². The molecule has 5 aliphatic heterocycles. The third-order valence-electron chi connectivity index (χ3n) is 7.01. The summed E-state index contributed by atoms with van der Waals surface area (Å²) in [5, 5.41) is 9.79. The Kier molecular flexibility index (Phi) is 7.71. The monoisotopic (exact) mass is 485 g/mol. The first-order chi connectivity index (χ1) is 17.6. The van der Waals surface area contributed by atoms with Crippen LogP contribution >= 0.6 is 0 Å². The van der Waals surface area contributed by atoms with Crippen LogP contribution < -0.4 is 16.0 Å². The van der Waals surface area contributed by atoms with Gasteiger partial charge in [0.05, 0.1) is 12.2 Å². The van der Waals surface area contributed by atoms with Gasteiger partial charge in [0.25, 0.3) is 0 Å². The molecule has 8 rings (SSSR count). The smallest absolute Gasteiger partial charge is 0.234 e. The van der Waals surface area contributed by atoms with Crippen LogP contribution in [0.1, 0.15) is 36.8 Å². The molecule has 5 aliphatic rings. The molecule has 0 unspecified atom stereocenters. The second-order valence-corrected chi connectivity index (χ2v) is 9.92. The molecule has 0 radical (unpaired) electrons. The van der Waals surface area contributed by atoms with Gasteiger partial charge in [-0.25, -0.2) is 15.0 Å². The van der Waals surface area contributed by atoms with Crippen molar-refractivity contribution in [2.45, 2.75) is 39.0 Å². The van der Waals surface area contributed by atoms with Crippen molar-refractivity contribution in [1.29, 1.82) is 0 Å². The number of pyridine rings is 1. The van der Waals surface area contributed by atoms with E-state index in [-0.39, 0.29) is 5.91 Å². The standard InChI is InChI=1S/C28H35N7O/c1-20-15-22-4-3-21-8-13-35(14-9-21)19-27(36)30-11-2-10-29-26-6-5-23(18-32-26)25-7-12-31-28(34-25)33-24(16-20)17-22/h5-7,12,15-18,21H,2-4,8-11,13-14,19H2,1H3,(H,29,32)(H,30,36)(H,31,33,34). The average Bonchev–Trinajstić information content (AvgIpc) is 2.88. The molecule has 8 nitrogen and oxygen atoms in total. The second-order valence-electron chi connectivity index (χ2n) is 9.92. The number of aryl methyl sites for hydroxylation is 2. The Morgan fingerprint density at radius 1 is 0.972 bits per heavy atom. The van der Waals surface area contributed by atoms with Crippen molar-refractivity contribution in [3.8, 4) is 11.3 Å². The van der Waals surface area contributed by atoms with Crippen LogP contribution in [0.4, 0.5) is 17.5 Å². The minimum absolute atomic E-state index is 0.120. The third kappa shape index (κ3) is 6.57.